The van der Waals surface area contributed by atoms with Crippen molar-refractivity contribution in [2.75, 3.05) is 5.32 Å². The van der Waals surface area contributed by atoms with Gasteiger partial charge < -0.3 is 10.1 Å². The van der Waals surface area contributed by atoms with Crippen molar-refractivity contribution in [2.24, 2.45) is 0 Å². The van der Waals surface area contributed by atoms with E-state index < -0.39 is 6.10 Å². The lowest BCUT2D eigenvalue weighted by atomic mass is 10.1. The van der Waals surface area contributed by atoms with Crippen LogP contribution < -0.4 is 10.1 Å². The molecule has 0 saturated carbocycles. The Labute approximate surface area is 181 Å². The molecule has 0 fully saturated rings. The molecule has 0 aliphatic carbocycles. The van der Waals surface area contributed by atoms with Crippen LogP contribution in [0.4, 0.5) is 5.69 Å². The van der Waals surface area contributed by atoms with E-state index in [2.05, 4.69) is 29.6 Å². The van der Waals surface area contributed by atoms with E-state index in [1.54, 1.807) is 36.0 Å². The Balaban J connectivity index is 1.60. The molecule has 0 aliphatic heterocycles. The summed E-state index contributed by atoms with van der Waals surface area (Å²) in [6.07, 6.45) is 0.00291. The van der Waals surface area contributed by atoms with E-state index in [-0.39, 0.29) is 5.91 Å². The lowest BCUT2D eigenvalue weighted by Crippen LogP contribution is -2.32. The number of nitrogens with one attached hydrogen (secondary N) is 1. The highest BCUT2D eigenvalue weighted by atomic mass is 35.5. The standard InChI is InChI=1S/C24H24ClNO2S/c1-3-23(28-20-12-10-19(25)11-13-20)24(27)26-22-14-9-18(15-17(22)2)16-29-21-7-5-4-6-8-21/h4-15,23H,3,16H2,1-2H3,(H,26,27)/t23-/m1/s1. The number of hydrogen-bond donors (Lipinski definition) is 1. The van der Waals surface area contributed by atoms with Crippen molar-refractivity contribution >= 4 is 35.0 Å². The maximum absolute atomic E-state index is 12.7. The number of amides is 1. The van der Waals surface area contributed by atoms with Gasteiger partial charge in [0.2, 0.25) is 0 Å². The van der Waals surface area contributed by atoms with Gasteiger partial charge in [0.25, 0.3) is 5.91 Å². The molecule has 0 aromatic heterocycles. The number of anilines is 1. The molecule has 150 valence electrons. The number of halogens is 1. The molecule has 29 heavy (non-hydrogen) atoms. The van der Waals surface area contributed by atoms with Crippen molar-refractivity contribution < 1.29 is 9.53 Å². The molecule has 1 amide bonds. The van der Waals surface area contributed by atoms with Crippen LogP contribution in [0.5, 0.6) is 5.75 Å². The number of rotatable bonds is 8. The van der Waals surface area contributed by atoms with Gasteiger partial charge in [-0.25, -0.2) is 0 Å². The summed E-state index contributed by atoms with van der Waals surface area (Å²) >= 11 is 7.70. The lowest BCUT2D eigenvalue weighted by molar-refractivity contribution is -0.122. The van der Waals surface area contributed by atoms with Gasteiger partial charge in [-0.05, 0) is 66.9 Å². The molecule has 3 rings (SSSR count). The van der Waals surface area contributed by atoms with Crippen molar-refractivity contribution in [1.82, 2.24) is 0 Å². The molecule has 0 spiro atoms. The van der Waals surface area contributed by atoms with Gasteiger partial charge in [-0.15, -0.1) is 11.8 Å². The molecular weight excluding hydrogens is 402 g/mol. The average Bonchev–Trinajstić information content (AvgIpc) is 2.74. The van der Waals surface area contributed by atoms with E-state index in [1.165, 1.54) is 10.5 Å². The van der Waals surface area contributed by atoms with Crippen LogP contribution in [0.2, 0.25) is 5.02 Å². The Bertz CT molecular complexity index is 945. The number of benzene rings is 3. The van der Waals surface area contributed by atoms with Crippen LogP contribution in [0, 0.1) is 6.92 Å². The first-order valence-electron chi connectivity index (χ1n) is 9.55. The Kier molecular flexibility index (Phi) is 7.62. The van der Waals surface area contributed by atoms with Gasteiger partial charge in [-0.2, -0.15) is 0 Å². The molecule has 3 aromatic rings. The second-order valence-electron chi connectivity index (χ2n) is 6.71. The van der Waals surface area contributed by atoms with Crippen LogP contribution in [0.3, 0.4) is 0 Å². The number of carbonyl (C=O) groups is 1. The van der Waals surface area contributed by atoms with Gasteiger partial charge in [0.05, 0.1) is 0 Å². The predicted octanol–water partition coefficient (Wildman–Crippen LogP) is 6.74. The molecule has 0 unspecified atom stereocenters. The van der Waals surface area contributed by atoms with E-state index in [9.17, 15) is 4.79 Å². The number of hydrogen-bond acceptors (Lipinski definition) is 3. The zero-order valence-electron chi connectivity index (χ0n) is 16.5. The summed E-state index contributed by atoms with van der Waals surface area (Å²) < 4.78 is 5.83. The highest BCUT2D eigenvalue weighted by molar-refractivity contribution is 7.98. The molecular formula is C24H24ClNO2S. The number of thioether (sulfide) groups is 1. The summed E-state index contributed by atoms with van der Waals surface area (Å²) in [5, 5.41) is 3.63. The Morgan fingerprint density at radius 3 is 2.45 bits per heavy atom. The molecule has 0 heterocycles. The smallest absolute Gasteiger partial charge is 0.265 e. The molecule has 1 atom stereocenters. The van der Waals surface area contributed by atoms with Crippen molar-refractivity contribution in [3.05, 3.63) is 88.9 Å². The quantitative estimate of drug-likeness (QED) is 0.406. The fourth-order valence-corrected chi connectivity index (χ4v) is 3.84. The lowest BCUT2D eigenvalue weighted by Gasteiger charge is -2.18. The van der Waals surface area contributed by atoms with E-state index in [0.29, 0.717) is 17.2 Å². The second kappa shape index (κ2) is 10.4. The predicted molar refractivity (Wildman–Crippen MR) is 122 cm³/mol. The maximum atomic E-state index is 12.7. The average molecular weight is 426 g/mol. The Morgan fingerprint density at radius 2 is 1.79 bits per heavy atom. The van der Waals surface area contributed by atoms with Gasteiger partial charge >= 0.3 is 0 Å². The maximum Gasteiger partial charge on any atom is 0.265 e. The van der Waals surface area contributed by atoms with Crippen LogP contribution in [0.25, 0.3) is 0 Å². The molecule has 5 heteroatoms. The zero-order valence-corrected chi connectivity index (χ0v) is 18.1. The largest absolute Gasteiger partial charge is 0.481 e. The number of carbonyl (C=O) groups excluding carboxylic acids is 1. The summed E-state index contributed by atoms with van der Waals surface area (Å²) in [6, 6.07) is 23.5. The normalized spacial score (nSPS) is 11.7. The van der Waals surface area contributed by atoms with Crippen LogP contribution in [-0.4, -0.2) is 12.0 Å². The van der Waals surface area contributed by atoms with Crippen molar-refractivity contribution in [3.8, 4) is 5.75 Å². The summed E-state index contributed by atoms with van der Waals surface area (Å²) in [5.74, 6) is 1.36. The summed E-state index contributed by atoms with van der Waals surface area (Å²) in [7, 11) is 0. The third-order valence-electron chi connectivity index (χ3n) is 4.45. The fraction of sp³-hybridized carbons (Fsp3) is 0.208. The number of ether oxygens (including phenoxy) is 1. The van der Waals surface area contributed by atoms with Crippen LogP contribution in [-0.2, 0) is 10.5 Å². The molecule has 3 nitrogen and oxygen atoms in total. The van der Waals surface area contributed by atoms with Gasteiger partial charge in [0.1, 0.15) is 5.75 Å². The molecule has 0 aliphatic rings. The van der Waals surface area contributed by atoms with Crippen molar-refractivity contribution in [3.63, 3.8) is 0 Å². The van der Waals surface area contributed by atoms with Gasteiger partial charge in [-0.1, -0.05) is 48.9 Å². The van der Waals surface area contributed by atoms with Gasteiger partial charge in [0, 0.05) is 21.4 Å². The highest BCUT2D eigenvalue weighted by Gasteiger charge is 2.19. The minimum absolute atomic E-state index is 0.156. The third kappa shape index (κ3) is 6.28. The van der Waals surface area contributed by atoms with Crippen LogP contribution in [0.1, 0.15) is 24.5 Å². The van der Waals surface area contributed by atoms with Gasteiger partial charge in [0.15, 0.2) is 6.10 Å². The summed E-state index contributed by atoms with van der Waals surface area (Å²) in [5.41, 5.74) is 3.06. The molecule has 1 N–H and O–H groups in total. The topological polar surface area (TPSA) is 38.3 Å². The molecule has 0 bridgehead atoms. The monoisotopic (exact) mass is 425 g/mol. The van der Waals surface area contributed by atoms with E-state index in [0.717, 1.165) is 17.0 Å². The zero-order chi connectivity index (χ0) is 20.6. The van der Waals surface area contributed by atoms with Crippen LogP contribution in [0.15, 0.2) is 77.7 Å². The minimum Gasteiger partial charge on any atom is -0.481 e. The Hall–Kier alpha value is -2.43. The fourth-order valence-electron chi connectivity index (χ4n) is 2.85. The molecule has 0 radical (unpaired) electrons. The first kappa shape index (κ1) is 21.3. The van der Waals surface area contributed by atoms with E-state index in [4.69, 9.17) is 16.3 Å². The Morgan fingerprint density at radius 1 is 1.07 bits per heavy atom. The van der Waals surface area contributed by atoms with Crippen LogP contribution >= 0.6 is 23.4 Å². The van der Waals surface area contributed by atoms with E-state index in [1.807, 2.05) is 38.1 Å². The number of aryl methyl sites for hydroxylation is 1. The molecule has 3 aromatic carbocycles. The first-order chi connectivity index (χ1) is 14.0. The summed E-state index contributed by atoms with van der Waals surface area (Å²) in [4.78, 5) is 13.9. The third-order valence-corrected chi connectivity index (χ3v) is 5.79. The van der Waals surface area contributed by atoms with Crippen molar-refractivity contribution in [1.29, 1.82) is 0 Å². The molecule has 0 saturated heterocycles. The summed E-state index contributed by atoms with van der Waals surface area (Å²) in [6.45, 7) is 3.93. The van der Waals surface area contributed by atoms with E-state index >= 15 is 0 Å². The highest BCUT2D eigenvalue weighted by Crippen LogP contribution is 2.25. The second-order valence-corrected chi connectivity index (χ2v) is 8.19. The van der Waals surface area contributed by atoms with Crippen molar-refractivity contribution in [2.45, 2.75) is 37.0 Å². The minimum atomic E-state index is -0.566. The van der Waals surface area contributed by atoms with Gasteiger partial charge in [-0.3, -0.25) is 4.79 Å². The SMILES string of the molecule is CC[C@@H](Oc1ccc(Cl)cc1)C(=O)Nc1ccc(CSc2ccccc2)cc1C. The first-order valence-corrected chi connectivity index (χ1v) is 10.9.